The van der Waals surface area contributed by atoms with Gasteiger partial charge in [0.15, 0.2) is 12.2 Å². The summed E-state index contributed by atoms with van der Waals surface area (Å²) in [6.45, 7) is 11.7. The summed E-state index contributed by atoms with van der Waals surface area (Å²) in [6.07, 6.45) is 40.4. The summed E-state index contributed by atoms with van der Waals surface area (Å²) in [5.74, 6) is 0.0431. The SMILES string of the molecule is CCCCCCCCCCCCCCC(=O)OC[C@H](COP(=O)(O)OC[C@@H](O)COP(=O)(O)OC[C@@H](COC(=O)CCCCCCCCCC(C)C)OC(=O)CCCCCCCCCCC(C)C)OC(=O)CCCCCCCCCCCCC(C)C. The molecule has 0 radical (unpaired) electrons. The van der Waals surface area contributed by atoms with Gasteiger partial charge in [-0.3, -0.25) is 37.3 Å². The first kappa shape index (κ1) is 84.1. The summed E-state index contributed by atoms with van der Waals surface area (Å²) in [7, 11) is -9.89. The van der Waals surface area contributed by atoms with Crippen LogP contribution < -0.4 is 0 Å². The van der Waals surface area contributed by atoms with Gasteiger partial charge in [0.2, 0.25) is 0 Å². The fourth-order valence-corrected chi connectivity index (χ4v) is 11.6. The zero-order valence-electron chi connectivity index (χ0n) is 55.8. The number of esters is 4. The Morgan fingerprint density at radius 2 is 0.535 bits per heavy atom. The highest BCUT2D eigenvalue weighted by Gasteiger charge is 2.30. The maximum absolute atomic E-state index is 13.0. The van der Waals surface area contributed by atoms with E-state index in [4.69, 9.17) is 37.0 Å². The fraction of sp³-hybridized carbons (Fsp3) is 0.940. The summed E-state index contributed by atoms with van der Waals surface area (Å²) < 4.78 is 68.1. The third-order valence-corrected chi connectivity index (χ3v) is 17.3. The summed E-state index contributed by atoms with van der Waals surface area (Å²) in [5, 5.41) is 10.6. The van der Waals surface area contributed by atoms with Gasteiger partial charge in [0.1, 0.15) is 19.3 Å². The number of hydrogen-bond acceptors (Lipinski definition) is 15. The van der Waals surface area contributed by atoms with E-state index in [-0.39, 0.29) is 25.7 Å². The first-order valence-corrected chi connectivity index (χ1v) is 37.8. The molecule has 2 unspecified atom stereocenters. The Morgan fingerprint density at radius 1 is 0.314 bits per heavy atom. The number of rotatable bonds is 65. The average molecular weight is 1270 g/mol. The van der Waals surface area contributed by atoms with Gasteiger partial charge in [0.25, 0.3) is 0 Å². The number of ether oxygens (including phenoxy) is 4. The minimum atomic E-state index is -4.95. The lowest BCUT2D eigenvalue weighted by Crippen LogP contribution is -2.30. The third-order valence-electron chi connectivity index (χ3n) is 15.4. The maximum Gasteiger partial charge on any atom is 0.472 e. The van der Waals surface area contributed by atoms with E-state index in [1.165, 1.54) is 135 Å². The van der Waals surface area contributed by atoms with E-state index < -0.39 is 97.5 Å². The molecule has 0 fully saturated rings. The van der Waals surface area contributed by atoms with Crippen molar-refractivity contribution in [2.75, 3.05) is 39.6 Å². The smallest absolute Gasteiger partial charge is 0.462 e. The zero-order valence-corrected chi connectivity index (χ0v) is 57.6. The molecule has 0 aliphatic rings. The number of aliphatic hydroxyl groups is 1. The second-order valence-electron chi connectivity index (χ2n) is 25.6. The van der Waals surface area contributed by atoms with Gasteiger partial charge in [-0.1, -0.05) is 280 Å². The van der Waals surface area contributed by atoms with E-state index in [0.717, 1.165) is 108 Å². The molecule has 0 bridgehead atoms. The average Bonchev–Trinajstić information content (AvgIpc) is 3.64. The van der Waals surface area contributed by atoms with Crippen LogP contribution in [0.5, 0.6) is 0 Å². The highest BCUT2D eigenvalue weighted by molar-refractivity contribution is 7.47. The van der Waals surface area contributed by atoms with Gasteiger partial charge in [-0.15, -0.1) is 0 Å². The summed E-state index contributed by atoms with van der Waals surface area (Å²) >= 11 is 0. The van der Waals surface area contributed by atoms with Crippen LogP contribution in [0.2, 0.25) is 0 Å². The lowest BCUT2D eigenvalue weighted by Gasteiger charge is -2.21. The standard InChI is InChI=1S/C67H130O17P2/c1-8-9-10-11-12-13-14-15-19-27-34-41-48-64(69)77-54-62(83-66(71)50-43-36-28-20-17-16-18-24-31-38-45-58(2)3)56-81-85(73,74)79-52-61(68)53-80-86(75,76)82-57-63(55-78-65(70)49-42-35-30-23-26-33-40-47-60(6)7)84-67(72)51-44-37-29-22-21-25-32-39-46-59(4)5/h58-63,68H,8-57H2,1-7H3,(H,73,74)(H,75,76)/t61-,62-,63-/m1/s1. The Hall–Kier alpha value is -1.94. The Morgan fingerprint density at radius 3 is 0.791 bits per heavy atom. The van der Waals surface area contributed by atoms with Gasteiger partial charge in [-0.25, -0.2) is 9.13 Å². The van der Waals surface area contributed by atoms with Gasteiger partial charge in [0, 0.05) is 25.7 Å². The van der Waals surface area contributed by atoms with Crippen molar-refractivity contribution >= 4 is 39.5 Å². The molecule has 510 valence electrons. The number of carbonyl (C=O) groups excluding carboxylic acids is 4. The van der Waals surface area contributed by atoms with Gasteiger partial charge in [-0.2, -0.15) is 0 Å². The first-order valence-electron chi connectivity index (χ1n) is 34.8. The maximum atomic E-state index is 13.0. The highest BCUT2D eigenvalue weighted by atomic mass is 31.2. The minimum absolute atomic E-state index is 0.103. The van der Waals surface area contributed by atoms with Gasteiger partial charge >= 0.3 is 39.5 Å². The molecule has 19 heteroatoms. The van der Waals surface area contributed by atoms with Crippen LogP contribution in [-0.2, 0) is 65.4 Å². The topological polar surface area (TPSA) is 237 Å². The van der Waals surface area contributed by atoms with Crippen LogP contribution in [0.4, 0.5) is 0 Å². The molecule has 0 aliphatic heterocycles. The normalized spacial score (nSPS) is 14.3. The molecule has 5 atom stereocenters. The number of unbranched alkanes of at least 4 members (excludes halogenated alkanes) is 33. The summed E-state index contributed by atoms with van der Waals surface area (Å²) in [6, 6.07) is 0. The molecule has 0 aromatic carbocycles. The molecule has 3 N–H and O–H groups in total. The number of hydrogen-bond donors (Lipinski definition) is 3. The van der Waals surface area contributed by atoms with Crippen molar-refractivity contribution in [3.63, 3.8) is 0 Å². The molecule has 0 amide bonds. The van der Waals surface area contributed by atoms with Crippen molar-refractivity contribution in [3.05, 3.63) is 0 Å². The molecular formula is C67H130O17P2. The van der Waals surface area contributed by atoms with Crippen LogP contribution in [0.1, 0.15) is 331 Å². The van der Waals surface area contributed by atoms with E-state index in [1.807, 2.05) is 0 Å². The van der Waals surface area contributed by atoms with Gasteiger partial charge < -0.3 is 33.8 Å². The summed E-state index contributed by atoms with van der Waals surface area (Å²) in [5.41, 5.74) is 0. The molecule has 0 spiro atoms. The molecule has 0 rings (SSSR count). The van der Waals surface area contributed by atoms with E-state index >= 15 is 0 Å². The Balaban J connectivity index is 5.26. The highest BCUT2D eigenvalue weighted by Crippen LogP contribution is 2.45. The van der Waals surface area contributed by atoms with E-state index in [1.54, 1.807) is 0 Å². The number of phosphoric acid groups is 2. The predicted octanol–water partition coefficient (Wildman–Crippen LogP) is 18.7. The van der Waals surface area contributed by atoms with Crippen LogP contribution in [-0.4, -0.2) is 96.7 Å². The van der Waals surface area contributed by atoms with Crippen LogP contribution in [0.3, 0.4) is 0 Å². The van der Waals surface area contributed by atoms with Crippen molar-refractivity contribution in [3.8, 4) is 0 Å². The van der Waals surface area contributed by atoms with Crippen LogP contribution >= 0.6 is 15.6 Å². The zero-order chi connectivity index (χ0) is 63.8. The van der Waals surface area contributed by atoms with Crippen molar-refractivity contribution in [1.82, 2.24) is 0 Å². The third kappa shape index (κ3) is 60.9. The Kier molecular flexibility index (Phi) is 56.9. The largest absolute Gasteiger partial charge is 0.472 e. The van der Waals surface area contributed by atoms with Crippen molar-refractivity contribution in [2.24, 2.45) is 17.8 Å². The first-order chi connectivity index (χ1) is 41.2. The molecule has 17 nitrogen and oxygen atoms in total. The lowest BCUT2D eigenvalue weighted by molar-refractivity contribution is -0.161. The number of phosphoric ester groups is 2. The second kappa shape index (κ2) is 58.2. The second-order valence-corrected chi connectivity index (χ2v) is 28.5. The fourth-order valence-electron chi connectivity index (χ4n) is 10.0. The summed E-state index contributed by atoms with van der Waals surface area (Å²) in [4.78, 5) is 72.4. The molecule has 0 aliphatic carbocycles. The molecule has 0 aromatic heterocycles. The van der Waals surface area contributed by atoms with E-state index in [2.05, 4.69) is 48.5 Å². The predicted molar refractivity (Wildman–Crippen MR) is 344 cm³/mol. The van der Waals surface area contributed by atoms with E-state index in [0.29, 0.717) is 31.6 Å². The minimum Gasteiger partial charge on any atom is -0.462 e. The molecule has 0 saturated carbocycles. The quantitative estimate of drug-likeness (QED) is 0.0222. The molecule has 0 heterocycles. The van der Waals surface area contributed by atoms with Gasteiger partial charge in [-0.05, 0) is 43.4 Å². The van der Waals surface area contributed by atoms with Crippen LogP contribution in [0, 0.1) is 17.8 Å². The molecule has 0 saturated heterocycles. The molecule has 86 heavy (non-hydrogen) atoms. The number of carbonyl (C=O) groups is 4. The monoisotopic (exact) mass is 1270 g/mol. The van der Waals surface area contributed by atoms with Crippen LogP contribution in [0.15, 0.2) is 0 Å². The Bertz CT molecular complexity index is 1700. The van der Waals surface area contributed by atoms with Gasteiger partial charge in [0.05, 0.1) is 26.4 Å². The van der Waals surface area contributed by atoms with Crippen molar-refractivity contribution in [1.29, 1.82) is 0 Å². The van der Waals surface area contributed by atoms with Crippen molar-refractivity contribution < 1.29 is 80.2 Å². The lowest BCUT2D eigenvalue weighted by atomic mass is 10.0. The van der Waals surface area contributed by atoms with Crippen LogP contribution in [0.25, 0.3) is 0 Å². The Labute approximate surface area is 524 Å². The molecule has 0 aromatic rings. The van der Waals surface area contributed by atoms with E-state index in [9.17, 15) is 43.2 Å². The number of aliphatic hydroxyl groups excluding tert-OH is 1. The molecular weight excluding hydrogens is 1140 g/mol. The van der Waals surface area contributed by atoms with Crippen molar-refractivity contribution in [2.45, 2.75) is 349 Å².